The van der Waals surface area contributed by atoms with Crippen LogP contribution in [-0.4, -0.2) is 21.3 Å². The Labute approximate surface area is 141 Å². The number of halogens is 1. The van der Waals surface area contributed by atoms with E-state index in [0.717, 1.165) is 40.8 Å². The molecule has 22 heavy (non-hydrogen) atoms. The largest absolute Gasteiger partial charge is 0.396 e. The van der Waals surface area contributed by atoms with Crippen LogP contribution in [0.1, 0.15) is 44.6 Å². The van der Waals surface area contributed by atoms with Crippen LogP contribution in [0.5, 0.6) is 0 Å². The Morgan fingerprint density at radius 1 is 1.36 bits per heavy atom. The van der Waals surface area contributed by atoms with Crippen molar-refractivity contribution in [3.63, 3.8) is 0 Å². The van der Waals surface area contributed by atoms with Gasteiger partial charge in [0, 0.05) is 29.5 Å². The van der Waals surface area contributed by atoms with Crippen LogP contribution in [0.2, 0.25) is 5.02 Å². The summed E-state index contributed by atoms with van der Waals surface area (Å²) in [6, 6.07) is 7.91. The molecule has 1 aromatic heterocycles. The normalized spacial score (nSPS) is 11.4. The number of aromatic nitrogens is 2. The van der Waals surface area contributed by atoms with E-state index in [1.165, 1.54) is 5.03 Å². The highest BCUT2D eigenvalue weighted by Crippen LogP contribution is 2.35. The number of rotatable bonds is 7. The maximum absolute atomic E-state index is 9.09. The second-order valence-corrected chi connectivity index (χ2v) is 7.00. The Kier molecular flexibility index (Phi) is 6.36. The molecule has 0 atom stereocenters. The smallest absolute Gasteiger partial charge is 0.109 e. The van der Waals surface area contributed by atoms with Crippen LogP contribution in [0, 0.1) is 0 Å². The quantitative estimate of drug-likeness (QED) is 0.791. The van der Waals surface area contributed by atoms with Crippen molar-refractivity contribution >= 4 is 23.4 Å². The number of hydrogen-bond acceptors (Lipinski definition) is 3. The topological polar surface area (TPSA) is 38.0 Å². The van der Waals surface area contributed by atoms with Gasteiger partial charge >= 0.3 is 0 Å². The molecule has 0 saturated heterocycles. The zero-order valence-corrected chi connectivity index (χ0v) is 14.9. The standard InChI is InChI=1S/C17H23ClN2OS/c1-4-20-15(9-6-10-21)19-16(12(2)3)17(20)22-14-8-5-7-13(18)11-14/h5,7-8,11-12,21H,4,6,9-10H2,1-3H3. The summed E-state index contributed by atoms with van der Waals surface area (Å²) in [7, 11) is 0. The van der Waals surface area contributed by atoms with Gasteiger partial charge in [-0.05, 0) is 37.5 Å². The molecule has 120 valence electrons. The maximum atomic E-state index is 9.09. The zero-order chi connectivity index (χ0) is 16.1. The lowest BCUT2D eigenvalue weighted by atomic mass is 10.1. The SMILES string of the molecule is CCn1c(CCCO)nc(C(C)C)c1Sc1cccc(Cl)c1. The minimum atomic E-state index is 0.199. The van der Waals surface area contributed by atoms with Crippen LogP contribution in [0.4, 0.5) is 0 Å². The lowest BCUT2D eigenvalue weighted by Crippen LogP contribution is -2.04. The fourth-order valence-electron chi connectivity index (χ4n) is 2.38. The minimum Gasteiger partial charge on any atom is -0.396 e. The summed E-state index contributed by atoms with van der Waals surface area (Å²) in [5.74, 6) is 1.42. The van der Waals surface area contributed by atoms with Crippen LogP contribution in [-0.2, 0) is 13.0 Å². The van der Waals surface area contributed by atoms with Gasteiger partial charge in [0.25, 0.3) is 0 Å². The van der Waals surface area contributed by atoms with Crippen molar-refractivity contribution in [3.05, 3.63) is 40.8 Å². The van der Waals surface area contributed by atoms with Gasteiger partial charge in [0.1, 0.15) is 10.9 Å². The predicted octanol–water partition coefficient (Wildman–Crippen LogP) is 4.76. The van der Waals surface area contributed by atoms with E-state index >= 15 is 0 Å². The van der Waals surface area contributed by atoms with Crippen molar-refractivity contribution in [2.45, 2.75) is 56.0 Å². The molecule has 0 bridgehead atoms. The van der Waals surface area contributed by atoms with Crippen molar-refractivity contribution in [1.29, 1.82) is 0 Å². The van der Waals surface area contributed by atoms with Gasteiger partial charge in [0.05, 0.1) is 5.69 Å². The molecule has 1 heterocycles. The minimum absolute atomic E-state index is 0.199. The molecule has 3 nitrogen and oxygen atoms in total. The summed E-state index contributed by atoms with van der Waals surface area (Å²) in [5.41, 5.74) is 1.12. The Balaban J connectivity index is 2.40. The lowest BCUT2D eigenvalue weighted by molar-refractivity contribution is 0.286. The van der Waals surface area contributed by atoms with Crippen LogP contribution < -0.4 is 0 Å². The summed E-state index contributed by atoms with van der Waals surface area (Å²) in [6.45, 7) is 7.55. The first-order valence-corrected chi connectivity index (χ1v) is 8.89. The predicted molar refractivity (Wildman–Crippen MR) is 93.0 cm³/mol. The summed E-state index contributed by atoms with van der Waals surface area (Å²) in [4.78, 5) is 5.96. The van der Waals surface area contributed by atoms with E-state index in [1.807, 2.05) is 18.2 Å². The number of hydrogen-bond donors (Lipinski definition) is 1. The van der Waals surface area contributed by atoms with Crippen LogP contribution >= 0.6 is 23.4 Å². The number of aliphatic hydroxyl groups excluding tert-OH is 1. The third kappa shape index (κ3) is 4.06. The molecular formula is C17H23ClN2OS. The fourth-order valence-corrected chi connectivity index (χ4v) is 3.92. The Bertz CT molecular complexity index is 625. The van der Waals surface area contributed by atoms with Gasteiger partial charge in [0.15, 0.2) is 0 Å². The van der Waals surface area contributed by atoms with Gasteiger partial charge in [-0.3, -0.25) is 0 Å². The maximum Gasteiger partial charge on any atom is 0.109 e. The zero-order valence-electron chi connectivity index (χ0n) is 13.3. The molecule has 0 aliphatic carbocycles. The van der Waals surface area contributed by atoms with E-state index in [4.69, 9.17) is 21.7 Å². The molecule has 0 saturated carbocycles. The monoisotopic (exact) mass is 338 g/mol. The van der Waals surface area contributed by atoms with E-state index < -0.39 is 0 Å². The molecule has 5 heteroatoms. The van der Waals surface area contributed by atoms with Gasteiger partial charge in [-0.1, -0.05) is 43.3 Å². The number of aryl methyl sites for hydroxylation is 1. The lowest BCUT2D eigenvalue weighted by Gasteiger charge is -2.11. The first kappa shape index (κ1) is 17.4. The number of nitrogens with zero attached hydrogens (tertiary/aromatic N) is 2. The first-order valence-electron chi connectivity index (χ1n) is 7.70. The number of imidazole rings is 1. The average Bonchev–Trinajstić information content (AvgIpc) is 2.83. The average molecular weight is 339 g/mol. The molecule has 0 fully saturated rings. The number of benzene rings is 1. The van der Waals surface area contributed by atoms with Crippen molar-refractivity contribution in [1.82, 2.24) is 9.55 Å². The van der Waals surface area contributed by atoms with Gasteiger partial charge in [-0.15, -0.1) is 0 Å². The molecule has 2 aromatic rings. The Morgan fingerprint density at radius 3 is 2.73 bits per heavy atom. The van der Waals surface area contributed by atoms with E-state index in [9.17, 15) is 0 Å². The van der Waals surface area contributed by atoms with E-state index in [-0.39, 0.29) is 6.61 Å². The van der Waals surface area contributed by atoms with Crippen LogP contribution in [0.15, 0.2) is 34.2 Å². The highest BCUT2D eigenvalue weighted by molar-refractivity contribution is 7.99. The Hall–Kier alpha value is -0.970. The summed E-state index contributed by atoms with van der Waals surface area (Å²) < 4.78 is 2.26. The van der Waals surface area contributed by atoms with Crippen LogP contribution in [0.3, 0.4) is 0 Å². The van der Waals surface area contributed by atoms with Gasteiger partial charge in [-0.2, -0.15) is 0 Å². The third-order valence-electron chi connectivity index (χ3n) is 3.46. The van der Waals surface area contributed by atoms with Crippen LogP contribution in [0.25, 0.3) is 0 Å². The van der Waals surface area contributed by atoms with E-state index in [1.54, 1.807) is 11.8 Å². The van der Waals surface area contributed by atoms with Crippen molar-refractivity contribution in [2.75, 3.05) is 6.61 Å². The van der Waals surface area contributed by atoms with Gasteiger partial charge in [-0.25, -0.2) is 4.98 Å². The number of aliphatic hydroxyl groups is 1. The third-order valence-corrected chi connectivity index (χ3v) is 4.81. The van der Waals surface area contributed by atoms with Gasteiger partial charge < -0.3 is 9.67 Å². The van der Waals surface area contributed by atoms with Gasteiger partial charge in [0.2, 0.25) is 0 Å². The summed E-state index contributed by atoms with van der Waals surface area (Å²) >= 11 is 7.81. The second kappa shape index (κ2) is 8.04. The highest BCUT2D eigenvalue weighted by Gasteiger charge is 2.19. The van der Waals surface area contributed by atoms with E-state index in [2.05, 4.69) is 31.4 Å². The Morgan fingerprint density at radius 2 is 2.14 bits per heavy atom. The molecule has 0 amide bonds. The van der Waals surface area contributed by atoms with Crippen molar-refractivity contribution < 1.29 is 5.11 Å². The molecule has 0 aliphatic heterocycles. The molecular weight excluding hydrogens is 316 g/mol. The molecule has 2 rings (SSSR count). The van der Waals surface area contributed by atoms with E-state index in [0.29, 0.717) is 5.92 Å². The highest BCUT2D eigenvalue weighted by atomic mass is 35.5. The summed E-state index contributed by atoms with van der Waals surface area (Å²) in [5, 5.41) is 11.0. The second-order valence-electron chi connectivity index (χ2n) is 5.50. The summed E-state index contributed by atoms with van der Waals surface area (Å²) in [6.07, 6.45) is 1.55. The molecule has 0 aliphatic rings. The molecule has 0 radical (unpaired) electrons. The van der Waals surface area contributed by atoms with Crippen molar-refractivity contribution in [3.8, 4) is 0 Å². The molecule has 0 spiro atoms. The molecule has 1 aromatic carbocycles. The first-order chi connectivity index (χ1) is 10.6. The van der Waals surface area contributed by atoms with Crippen molar-refractivity contribution in [2.24, 2.45) is 0 Å². The molecule has 1 N–H and O–H groups in total. The molecule has 0 unspecified atom stereocenters. The fraction of sp³-hybridized carbons (Fsp3) is 0.471.